The minimum atomic E-state index is -0.486. The molecule has 1 aliphatic heterocycles. The van der Waals surface area contributed by atoms with Gasteiger partial charge >= 0.3 is 5.97 Å². The fourth-order valence-corrected chi connectivity index (χ4v) is 3.09. The van der Waals surface area contributed by atoms with Gasteiger partial charge in [-0.2, -0.15) is 0 Å². The molecule has 1 amide bonds. The molecule has 4 nitrogen and oxygen atoms in total. The molecule has 0 atom stereocenters. The van der Waals surface area contributed by atoms with E-state index in [1.54, 1.807) is 6.08 Å². The normalized spacial score (nSPS) is 16.7. The molecule has 0 N–H and O–H groups in total. The van der Waals surface area contributed by atoms with Crippen LogP contribution in [0.4, 0.5) is 0 Å². The fraction of sp³-hybridized carbons (Fsp3) is 0.267. The Bertz CT molecular complexity index is 608. The van der Waals surface area contributed by atoms with Crippen molar-refractivity contribution in [1.82, 2.24) is 4.90 Å². The number of rotatable bonds is 4. The smallest absolute Gasteiger partial charge is 0.325 e. The van der Waals surface area contributed by atoms with Crippen LogP contribution in [0.3, 0.4) is 0 Å². The van der Waals surface area contributed by atoms with Crippen LogP contribution in [0.2, 0.25) is 0 Å². The second kappa shape index (κ2) is 6.87. The summed E-state index contributed by atoms with van der Waals surface area (Å²) in [7, 11) is 1.28. The molecule has 0 aromatic heterocycles. The molecule has 2 rings (SSSR count). The number of hydrogen-bond acceptors (Lipinski definition) is 5. The van der Waals surface area contributed by atoms with E-state index in [1.807, 2.05) is 24.3 Å². The topological polar surface area (TPSA) is 46.6 Å². The number of benzene rings is 1. The van der Waals surface area contributed by atoms with Gasteiger partial charge in [0.1, 0.15) is 10.9 Å². The Morgan fingerprint density at radius 2 is 2.05 bits per heavy atom. The van der Waals surface area contributed by atoms with Crippen molar-refractivity contribution in [3.8, 4) is 0 Å². The molecule has 21 heavy (non-hydrogen) atoms. The van der Waals surface area contributed by atoms with Crippen LogP contribution in [-0.2, 0) is 20.7 Å². The number of esters is 1. The third-order valence-electron chi connectivity index (χ3n) is 3.07. The maximum absolute atomic E-state index is 12.2. The van der Waals surface area contributed by atoms with Crippen LogP contribution in [0.15, 0.2) is 29.2 Å². The van der Waals surface area contributed by atoms with Gasteiger partial charge in [0.25, 0.3) is 5.91 Å². The molecule has 1 aliphatic rings. The highest BCUT2D eigenvalue weighted by Crippen LogP contribution is 2.32. The summed E-state index contributed by atoms with van der Waals surface area (Å²) in [6.07, 6.45) is 2.76. The summed E-state index contributed by atoms with van der Waals surface area (Å²) >= 11 is 6.34. The predicted molar refractivity (Wildman–Crippen MR) is 87.7 cm³/mol. The van der Waals surface area contributed by atoms with Crippen molar-refractivity contribution in [3.63, 3.8) is 0 Å². The van der Waals surface area contributed by atoms with Crippen LogP contribution in [0.25, 0.3) is 6.08 Å². The third kappa shape index (κ3) is 3.71. The van der Waals surface area contributed by atoms with Gasteiger partial charge < -0.3 is 4.74 Å². The molecule has 6 heteroatoms. The summed E-state index contributed by atoms with van der Waals surface area (Å²) in [6.45, 7) is 1.94. The van der Waals surface area contributed by atoms with Crippen LogP contribution in [0.5, 0.6) is 0 Å². The molecule has 0 spiro atoms. The average Bonchev–Trinajstić information content (AvgIpc) is 2.75. The Morgan fingerprint density at radius 3 is 2.62 bits per heavy atom. The van der Waals surface area contributed by atoms with Gasteiger partial charge in [0.15, 0.2) is 0 Å². The number of thioether (sulfide) groups is 1. The van der Waals surface area contributed by atoms with Crippen LogP contribution in [0, 0.1) is 0 Å². The lowest BCUT2D eigenvalue weighted by molar-refractivity contribution is -0.143. The Balaban J connectivity index is 2.17. The highest BCUT2D eigenvalue weighted by molar-refractivity contribution is 8.26. The zero-order chi connectivity index (χ0) is 15.4. The molecule has 0 radical (unpaired) electrons. The fourth-order valence-electron chi connectivity index (χ4n) is 1.83. The molecule has 0 aliphatic carbocycles. The Kier molecular flexibility index (Phi) is 5.14. The van der Waals surface area contributed by atoms with Crippen molar-refractivity contribution in [3.05, 3.63) is 40.3 Å². The zero-order valence-electron chi connectivity index (χ0n) is 11.8. The van der Waals surface area contributed by atoms with E-state index >= 15 is 0 Å². The highest BCUT2D eigenvalue weighted by atomic mass is 32.2. The van der Waals surface area contributed by atoms with Crippen molar-refractivity contribution < 1.29 is 14.3 Å². The van der Waals surface area contributed by atoms with Gasteiger partial charge in [-0.15, -0.1) is 0 Å². The first-order valence-electron chi connectivity index (χ1n) is 6.46. The van der Waals surface area contributed by atoms with E-state index in [9.17, 15) is 9.59 Å². The maximum Gasteiger partial charge on any atom is 0.325 e. The van der Waals surface area contributed by atoms with Gasteiger partial charge in [0.05, 0.1) is 12.0 Å². The van der Waals surface area contributed by atoms with Crippen LogP contribution in [-0.4, -0.2) is 34.8 Å². The summed E-state index contributed by atoms with van der Waals surface area (Å²) in [6, 6.07) is 7.99. The van der Waals surface area contributed by atoms with Gasteiger partial charge in [0.2, 0.25) is 0 Å². The first-order valence-corrected chi connectivity index (χ1v) is 7.68. The molecule has 110 valence electrons. The Hall–Kier alpha value is -1.66. The summed E-state index contributed by atoms with van der Waals surface area (Å²) in [5.41, 5.74) is 2.18. The van der Waals surface area contributed by atoms with E-state index in [2.05, 4.69) is 11.7 Å². The number of carbonyl (C=O) groups is 2. The molecule has 0 bridgehead atoms. The van der Waals surface area contributed by atoms with Gasteiger partial charge in [-0.25, -0.2) is 0 Å². The largest absolute Gasteiger partial charge is 0.468 e. The van der Waals surface area contributed by atoms with E-state index < -0.39 is 5.97 Å². The number of ether oxygens (including phenoxy) is 1. The monoisotopic (exact) mass is 321 g/mol. The van der Waals surface area contributed by atoms with Crippen molar-refractivity contribution in [2.45, 2.75) is 13.3 Å². The van der Waals surface area contributed by atoms with Crippen molar-refractivity contribution in [2.75, 3.05) is 13.7 Å². The van der Waals surface area contributed by atoms with Crippen molar-refractivity contribution >= 4 is 46.3 Å². The summed E-state index contributed by atoms with van der Waals surface area (Å²) in [5.74, 6) is -0.741. The number of methoxy groups -OCH3 is 1. The quantitative estimate of drug-likeness (QED) is 0.485. The molecule has 1 saturated heterocycles. The average molecular weight is 321 g/mol. The predicted octanol–water partition coefficient (Wildman–Crippen LogP) is 2.62. The van der Waals surface area contributed by atoms with E-state index in [4.69, 9.17) is 12.2 Å². The summed E-state index contributed by atoms with van der Waals surface area (Å²) in [5, 5.41) is 0. The van der Waals surface area contributed by atoms with Gasteiger partial charge in [-0.05, 0) is 23.6 Å². The third-order valence-corrected chi connectivity index (χ3v) is 4.45. The van der Waals surface area contributed by atoms with E-state index in [0.29, 0.717) is 9.23 Å². The molecule has 0 unspecified atom stereocenters. The first-order chi connectivity index (χ1) is 10.0. The zero-order valence-corrected chi connectivity index (χ0v) is 13.4. The number of aryl methyl sites for hydroxylation is 1. The molecule has 1 aromatic carbocycles. The van der Waals surface area contributed by atoms with Crippen LogP contribution < -0.4 is 0 Å². The number of hydrogen-bond donors (Lipinski definition) is 0. The van der Waals surface area contributed by atoms with Crippen molar-refractivity contribution in [2.24, 2.45) is 0 Å². The minimum Gasteiger partial charge on any atom is -0.468 e. The van der Waals surface area contributed by atoms with Gasteiger partial charge in [0, 0.05) is 0 Å². The number of nitrogens with zero attached hydrogens (tertiary/aromatic N) is 1. The molecule has 0 saturated carbocycles. The second-order valence-corrected chi connectivity index (χ2v) is 6.11. The Labute approximate surface area is 133 Å². The summed E-state index contributed by atoms with van der Waals surface area (Å²) < 4.78 is 4.94. The number of thiocarbonyl (C=S) groups is 1. The molecule has 1 aromatic rings. The first kappa shape index (κ1) is 15.7. The van der Waals surface area contributed by atoms with E-state index in [-0.39, 0.29) is 12.5 Å². The van der Waals surface area contributed by atoms with E-state index in [0.717, 1.165) is 12.0 Å². The number of carbonyl (C=O) groups excluding carboxylic acids is 2. The van der Waals surface area contributed by atoms with Crippen molar-refractivity contribution in [1.29, 1.82) is 0 Å². The highest BCUT2D eigenvalue weighted by Gasteiger charge is 2.33. The SMILES string of the molecule is CCc1ccc(C=C2SC(=S)N(CC(=O)OC)C2=O)cc1. The standard InChI is InChI=1S/C15H15NO3S2/c1-3-10-4-6-11(7-5-10)8-12-14(18)16(15(20)21-12)9-13(17)19-2/h4-8H,3,9H2,1-2H3. The summed E-state index contributed by atoms with van der Waals surface area (Å²) in [4.78, 5) is 25.3. The molecular weight excluding hydrogens is 306 g/mol. The lowest BCUT2D eigenvalue weighted by Crippen LogP contribution is -2.33. The van der Waals surface area contributed by atoms with Crippen LogP contribution in [0.1, 0.15) is 18.1 Å². The Morgan fingerprint density at radius 1 is 1.38 bits per heavy atom. The molecule has 1 heterocycles. The molecular formula is C15H15NO3S2. The lowest BCUT2D eigenvalue weighted by Gasteiger charge is -2.11. The minimum absolute atomic E-state index is 0.146. The van der Waals surface area contributed by atoms with Gasteiger partial charge in [-0.3, -0.25) is 14.5 Å². The second-order valence-electron chi connectivity index (χ2n) is 4.44. The van der Waals surface area contributed by atoms with Crippen LogP contribution >= 0.6 is 24.0 Å². The van der Waals surface area contributed by atoms with E-state index in [1.165, 1.54) is 29.3 Å². The molecule has 1 fully saturated rings. The maximum atomic E-state index is 12.2. The number of amides is 1. The lowest BCUT2D eigenvalue weighted by atomic mass is 10.1. The van der Waals surface area contributed by atoms with Gasteiger partial charge in [-0.1, -0.05) is 55.2 Å².